The summed E-state index contributed by atoms with van der Waals surface area (Å²) in [5, 5.41) is 14.9. The summed E-state index contributed by atoms with van der Waals surface area (Å²) >= 11 is 0. The van der Waals surface area contributed by atoms with E-state index < -0.39 is 23.0 Å². The molecule has 4 bridgehead atoms. The second-order valence-corrected chi connectivity index (χ2v) is 14.8. The predicted octanol–water partition coefficient (Wildman–Crippen LogP) is 5.91. The lowest BCUT2D eigenvalue weighted by Gasteiger charge is -2.42. The Bertz CT molecular complexity index is 2010. The third kappa shape index (κ3) is 5.54. The molecular formula is C38H38F3N5O3. The zero-order chi connectivity index (χ0) is 33.4. The highest BCUT2D eigenvalue weighted by molar-refractivity contribution is 6.04. The van der Waals surface area contributed by atoms with Gasteiger partial charge in [-0.25, -0.2) is 13.2 Å². The van der Waals surface area contributed by atoms with Gasteiger partial charge in [0.05, 0.1) is 29.9 Å². The van der Waals surface area contributed by atoms with Gasteiger partial charge in [-0.05, 0) is 74.6 Å². The Morgan fingerprint density at radius 3 is 2.45 bits per heavy atom. The normalized spacial score (nSPS) is 25.9. The molecule has 4 saturated heterocycles. The number of nitrogens with zero attached hydrogens (tertiary/aromatic N) is 4. The van der Waals surface area contributed by atoms with E-state index in [1.807, 2.05) is 0 Å². The predicted molar refractivity (Wildman–Crippen MR) is 180 cm³/mol. The first-order valence-electron chi connectivity index (χ1n) is 17.4. The van der Waals surface area contributed by atoms with Crippen molar-refractivity contribution in [3.63, 3.8) is 0 Å². The van der Waals surface area contributed by atoms with Gasteiger partial charge in [0.25, 0.3) is 0 Å². The number of phenols is 1. The molecule has 8 nitrogen and oxygen atoms in total. The molecule has 0 amide bonds. The number of rotatable bonds is 7. The molecule has 1 saturated carbocycles. The minimum atomic E-state index is -0.957. The van der Waals surface area contributed by atoms with E-state index >= 15 is 8.78 Å². The van der Waals surface area contributed by atoms with E-state index in [1.54, 1.807) is 0 Å². The number of anilines is 1. The number of likely N-dealkylation sites (tertiary alicyclic amines) is 1. The van der Waals surface area contributed by atoms with Gasteiger partial charge in [0.1, 0.15) is 28.7 Å². The number of morpholine rings is 1. The quantitative estimate of drug-likeness (QED) is 0.235. The molecular weight excluding hydrogens is 631 g/mol. The summed E-state index contributed by atoms with van der Waals surface area (Å²) in [7, 11) is 0. The fourth-order valence-corrected chi connectivity index (χ4v) is 8.69. The Kier molecular flexibility index (Phi) is 7.41. The molecule has 4 aromatic rings. The van der Waals surface area contributed by atoms with Crippen molar-refractivity contribution in [2.24, 2.45) is 5.41 Å². The van der Waals surface area contributed by atoms with Gasteiger partial charge in [0, 0.05) is 66.6 Å². The molecule has 1 aliphatic carbocycles. The summed E-state index contributed by atoms with van der Waals surface area (Å²) in [6.45, 7) is 4.41. The van der Waals surface area contributed by atoms with Crippen LogP contribution in [-0.4, -0.2) is 83.6 Å². The summed E-state index contributed by atoms with van der Waals surface area (Å²) in [6, 6.07) is 6.96. The Morgan fingerprint density at radius 1 is 0.980 bits per heavy atom. The van der Waals surface area contributed by atoms with Crippen LogP contribution < -0.4 is 15.0 Å². The van der Waals surface area contributed by atoms with Crippen LogP contribution in [0.15, 0.2) is 30.3 Å². The Hall–Kier alpha value is -4.11. The number of aromatic nitrogens is 2. The molecule has 4 unspecified atom stereocenters. The van der Waals surface area contributed by atoms with Crippen LogP contribution in [0.5, 0.6) is 11.8 Å². The van der Waals surface area contributed by atoms with Crippen molar-refractivity contribution in [3.05, 3.63) is 53.3 Å². The van der Waals surface area contributed by atoms with Crippen LogP contribution in [0.2, 0.25) is 0 Å². The highest BCUT2D eigenvalue weighted by Crippen LogP contribution is 2.48. The van der Waals surface area contributed by atoms with Crippen LogP contribution in [0.4, 0.5) is 19.0 Å². The van der Waals surface area contributed by atoms with E-state index in [2.05, 4.69) is 26.0 Å². The van der Waals surface area contributed by atoms with Crippen molar-refractivity contribution < 1.29 is 27.8 Å². The van der Waals surface area contributed by atoms with Gasteiger partial charge in [-0.1, -0.05) is 12.0 Å². The number of halogens is 3. The number of aromatic hydroxyl groups is 1. The van der Waals surface area contributed by atoms with Crippen LogP contribution in [-0.2, 0) is 4.74 Å². The third-order valence-corrected chi connectivity index (χ3v) is 11.2. The number of nitrogens with one attached hydrogen (secondary N) is 1. The SMILES string of the molecule is C#Cc1c(F)ccc2cc(O)cc(-c3c(F)cc4c(N5CC6CCC(C5)N6)nc(OCC5(CN6CC7CCCC(C6)O7)CC5)nc4c3F)c12. The van der Waals surface area contributed by atoms with E-state index in [9.17, 15) is 9.50 Å². The van der Waals surface area contributed by atoms with Crippen LogP contribution in [0.1, 0.15) is 50.5 Å². The fourth-order valence-electron chi connectivity index (χ4n) is 8.69. The standard InChI is InChI=1S/C38H38F3N5O3/c1-2-27-30(39)9-6-21-12-24(47)13-28(32(21)27)33-31(40)14-29-35(34(33)41)43-37(44-36(29)46-15-22-7-8-23(16-46)42-22)48-20-38(10-11-38)19-45-17-25-4-3-5-26(18-45)49-25/h1,6,9,12-14,22-23,25-26,42,47H,3-5,7-8,10-11,15-20H2. The molecule has 4 aliphatic heterocycles. The first-order valence-corrected chi connectivity index (χ1v) is 17.4. The number of piperazine rings is 1. The van der Waals surface area contributed by atoms with Crippen molar-refractivity contribution in [3.8, 4) is 35.2 Å². The minimum absolute atomic E-state index is 0.0334. The summed E-state index contributed by atoms with van der Waals surface area (Å²) in [6.07, 6.45) is 13.8. The zero-order valence-corrected chi connectivity index (χ0v) is 27.2. The van der Waals surface area contributed by atoms with Gasteiger partial charge in [0.2, 0.25) is 0 Å². The number of hydrogen-bond acceptors (Lipinski definition) is 8. The number of terminal acetylenes is 1. The molecule has 0 radical (unpaired) electrons. The third-order valence-electron chi connectivity index (χ3n) is 11.2. The lowest BCUT2D eigenvalue weighted by Crippen LogP contribution is -2.51. The second-order valence-electron chi connectivity index (χ2n) is 14.8. The highest BCUT2D eigenvalue weighted by Gasteiger charge is 2.47. The van der Waals surface area contributed by atoms with Crippen molar-refractivity contribution in [1.82, 2.24) is 20.2 Å². The smallest absolute Gasteiger partial charge is 0.319 e. The van der Waals surface area contributed by atoms with E-state index in [0.29, 0.717) is 43.1 Å². The van der Waals surface area contributed by atoms with Crippen LogP contribution in [0.3, 0.4) is 0 Å². The average molecular weight is 670 g/mol. The molecule has 0 spiro atoms. The molecule has 5 fully saturated rings. The molecule has 1 aromatic heterocycles. The largest absolute Gasteiger partial charge is 0.508 e. The van der Waals surface area contributed by atoms with E-state index in [1.165, 1.54) is 36.8 Å². The van der Waals surface area contributed by atoms with E-state index in [0.717, 1.165) is 58.2 Å². The maximum atomic E-state index is 17.0. The van der Waals surface area contributed by atoms with Crippen LogP contribution in [0.25, 0.3) is 32.8 Å². The van der Waals surface area contributed by atoms with Gasteiger partial charge in [-0.2, -0.15) is 9.97 Å². The molecule has 254 valence electrons. The number of benzene rings is 3. The number of ether oxygens (including phenoxy) is 2. The van der Waals surface area contributed by atoms with Crippen molar-refractivity contribution in [2.45, 2.75) is 69.2 Å². The van der Waals surface area contributed by atoms with Gasteiger partial charge < -0.3 is 24.8 Å². The van der Waals surface area contributed by atoms with E-state index in [-0.39, 0.29) is 56.7 Å². The Labute approximate surface area is 282 Å². The summed E-state index contributed by atoms with van der Waals surface area (Å²) in [4.78, 5) is 14.0. The maximum absolute atomic E-state index is 17.0. The average Bonchev–Trinajstić information content (AvgIpc) is 3.76. The Morgan fingerprint density at radius 2 is 1.73 bits per heavy atom. The number of fused-ring (bicyclic) bond motifs is 6. The number of phenolic OH excluding ortho intramolecular Hbond substituents is 1. The van der Waals surface area contributed by atoms with Crippen molar-refractivity contribution in [2.75, 3.05) is 44.2 Å². The van der Waals surface area contributed by atoms with Gasteiger partial charge in [0.15, 0.2) is 5.82 Å². The molecule has 3 aromatic carbocycles. The lowest BCUT2D eigenvalue weighted by atomic mass is 9.92. The Balaban J connectivity index is 1.12. The maximum Gasteiger partial charge on any atom is 0.319 e. The molecule has 4 atom stereocenters. The zero-order valence-electron chi connectivity index (χ0n) is 27.2. The summed E-state index contributed by atoms with van der Waals surface area (Å²) < 4.78 is 60.6. The van der Waals surface area contributed by atoms with E-state index in [4.69, 9.17) is 20.9 Å². The monoisotopic (exact) mass is 669 g/mol. The fraction of sp³-hybridized carbons (Fsp3) is 0.474. The molecule has 5 heterocycles. The van der Waals surface area contributed by atoms with Gasteiger partial charge in [-0.15, -0.1) is 6.42 Å². The molecule has 2 N–H and O–H groups in total. The highest BCUT2D eigenvalue weighted by atomic mass is 19.1. The first kappa shape index (κ1) is 30.9. The topological polar surface area (TPSA) is 83.0 Å². The van der Waals surface area contributed by atoms with Crippen molar-refractivity contribution >= 4 is 27.5 Å². The van der Waals surface area contributed by atoms with Crippen LogP contribution >= 0.6 is 0 Å². The van der Waals surface area contributed by atoms with Gasteiger partial charge >= 0.3 is 6.01 Å². The molecule has 9 rings (SSSR count). The minimum Gasteiger partial charge on any atom is -0.508 e. The summed E-state index contributed by atoms with van der Waals surface area (Å²) in [5.74, 6) is -0.0447. The molecule has 11 heteroatoms. The van der Waals surface area contributed by atoms with Crippen molar-refractivity contribution in [1.29, 1.82) is 0 Å². The first-order chi connectivity index (χ1) is 23.8. The second kappa shape index (κ2) is 11.8. The molecule has 5 aliphatic rings. The lowest BCUT2D eigenvalue weighted by molar-refractivity contribution is -0.117. The van der Waals surface area contributed by atoms with Gasteiger partial charge in [-0.3, -0.25) is 4.90 Å². The molecule has 49 heavy (non-hydrogen) atoms. The summed E-state index contributed by atoms with van der Waals surface area (Å²) in [5.41, 5.74) is -0.810. The van der Waals surface area contributed by atoms with Crippen LogP contribution in [0, 0.1) is 35.2 Å². The number of hydrogen-bond donors (Lipinski definition) is 2.